The van der Waals surface area contributed by atoms with E-state index in [1.54, 1.807) is 6.20 Å². The van der Waals surface area contributed by atoms with E-state index in [1.165, 1.54) is 19.2 Å². The number of amides is 2. The standard InChI is InChI=1S/C18H24N4O2/c1-13-15(9-19-12-20-13)16(23)22-8-6-18(11-22)5-2-7-21(17(18)24)10-14-3-4-14/h9,12,14H,2-8,10-11H2,1H3/t18-/m1/s1. The third-order valence-corrected chi connectivity index (χ3v) is 5.78. The van der Waals surface area contributed by atoms with Gasteiger partial charge in [0.1, 0.15) is 6.33 Å². The Kier molecular flexibility index (Phi) is 3.77. The minimum atomic E-state index is -0.355. The van der Waals surface area contributed by atoms with Crippen molar-refractivity contribution in [3.05, 3.63) is 23.8 Å². The average molecular weight is 328 g/mol. The molecule has 3 aliphatic rings. The van der Waals surface area contributed by atoms with Crippen LogP contribution in [0.4, 0.5) is 0 Å². The number of hydrogen-bond donors (Lipinski definition) is 0. The lowest BCUT2D eigenvalue weighted by Gasteiger charge is -2.39. The second kappa shape index (κ2) is 5.83. The maximum absolute atomic E-state index is 13.0. The van der Waals surface area contributed by atoms with Crippen LogP contribution in [0.2, 0.25) is 0 Å². The van der Waals surface area contributed by atoms with Crippen molar-refractivity contribution < 1.29 is 9.59 Å². The maximum atomic E-state index is 13.0. The van der Waals surface area contributed by atoms with E-state index in [2.05, 4.69) is 14.9 Å². The van der Waals surface area contributed by atoms with Crippen LogP contribution in [-0.2, 0) is 4.79 Å². The molecule has 0 unspecified atom stereocenters. The number of nitrogens with zero attached hydrogens (tertiary/aromatic N) is 4. The Bertz CT molecular complexity index is 673. The highest BCUT2D eigenvalue weighted by Crippen LogP contribution is 2.42. The third kappa shape index (κ3) is 2.68. The van der Waals surface area contributed by atoms with Crippen molar-refractivity contribution in [2.24, 2.45) is 11.3 Å². The van der Waals surface area contributed by atoms with Gasteiger partial charge in [0, 0.05) is 32.4 Å². The fourth-order valence-electron chi connectivity index (χ4n) is 4.13. The van der Waals surface area contributed by atoms with Gasteiger partial charge in [0.15, 0.2) is 0 Å². The van der Waals surface area contributed by atoms with Crippen LogP contribution in [0.5, 0.6) is 0 Å². The summed E-state index contributed by atoms with van der Waals surface area (Å²) in [6.07, 6.45) is 8.29. The summed E-state index contributed by atoms with van der Waals surface area (Å²) >= 11 is 0. The van der Waals surface area contributed by atoms with Gasteiger partial charge in [-0.1, -0.05) is 0 Å². The van der Waals surface area contributed by atoms with Gasteiger partial charge in [0.2, 0.25) is 5.91 Å². The molecule has 6 heteroatoms. The van der Waals surface area contributed by atoms with Gasteiger partial charge in [0.25, 0.3) is 5.91 Å². The number of carbonyl (C=O) groups is 2. The quantitative estimate of drug-likeness (QED) is 0.846. The number of likely N-dealkylation sites (tertiary alicyclic amines) is 2. The Morgan fingerprint density at radius 1 is 1.33 bits per heavy atom. The highest BCUT2D eigenvalue weighted by atomic mass is 16.2. The maximum Gasteiger partial charge on any atom is 0.257 e. The Morgan fingerprint density at radius 3 is 2.92 bits per heavy atom. The number of aryl methyl sites for hydroxylation is 1. The first kappa shape index (κ1) is 15.5. The van der Waals surface area contributed by atoms with E-state index in [1.807, 2.05) is 11.8 Å². The summed E-state index contributed by atoms with van der Waals surface area (Å²) in [6, 6.07) is 0. The highest BCUT2D eigenvalue weighted by Gasteiger charge is 2.50. The molecule has 0 aromatic carbocycles. The number of hydrogen-bond acceptors (Lipinski definition) is 4. The molecule has 1 aromatic heterocycles. The summed E-state index contributed by atoms with van der Waals surface area (Å²) in [4.78, 5) is 37.8. The Morgan fingerprint density at radius 2 is 2.17 bits per heavy atom. The van der Waals surface area contributed by atoms with Crippen LogP contribution in [0.25, 0.3) is 0 Å². The fourth-order valence-corrected chi connectivity index (χ4v) is 4.13. The van der Waals surface area contributed by atoms with E-state index in [4.69, 9.17) is 0 Å². The summed E-state index contributed by atoms with van der Waals surface area (Å²) in [7, 11) is 0. The molecule has 128 valence electrons. The Hall–Kier alpha value is -1.98. The van der Waals surface area contributed by atoms with Gasteiger partial charge in [-0.05, 0) is 44.9 Å². The first-order valence-corrected chi connectivity index (χ1v) is 8.94. The van der Waals surface area contributed by atoms with Crippen LogP contribution in [-0.4, -0.2) is 57.8 Å². The summed E-state index contributed by atoms with van der Waals surface area (Å²) in [5.41, 5.74) is 0.890. The zero-order valence-electron chi connectivity index (χ0n) is 14.2. The number of carbonyl (C=O) groups excluding carboxylic acids is 2. The minimum absolute atomic E-state index is 0.0444. The van der Waals surface area contributed by atoms with Gasteiger partial charge in [-0.2, -0.15) is 0 Å². The second-order valence-corrected chi connectivity index (χ2v) is 7.58. The first-order valence-electron chi connectivity index (χ1n) is 8.94. The van der Waals surface area contributed by atoms with Gasteiger partial charge in [0.05, 0.1) is 16.7 Å². The molecule has 2 saturated heterocycles. The van der Waals surface area contributed by atoms with Crippen LogP contribution < -0.4 is 0 Å². The third-order valence-electron chi connectivity index (χ3n) is 5.78. The second-order valence-electron chi connectivity index (χ2n) is 7.58. The fraction of sp³-hybridized carbons (Fsp3) is 0.667. The van der Waals surface area contributed by atoms with E-state index < -0.39 is 0 Å². The molecule has 2 amide bonds. The molecule has 0 radical (unpaired) electrons. The van der Waals surface area contributed by atoms with Gasteiger partial charge < -0.3 is 9.80 Å². The molecular weight excluding hydrogens is 304 g/mol. The summed E-state index contributed by atoms with van der Waals surface area (Å²) in [6.45, 7) is 4.82. The van der Waals surface area contributed by atoms with Crippen molar-refractivity contribution in [3.63, 3.8) is 0 Å². The molecule has 1 aliphatic carbocycles. The summed E-state index contributed by atoms with van der Waals surface area (Å²) in [5, 5.41) is 0. The van der Waals surface area contributed by atoms with Crippen molar-refractivity contribution in [1.82, 2.24) is 19.8 Å². The molecule has 1 saturated carbocycles. The molecule has 2 aliphatic heterocycles. The Balaban J connectivity index is 1.49. The number of piperidine rings is 1. The predicted octanol–water partition coefficient (Wildman–Crippen LogP) is 1.65. The van der Waals surface area contributed by atoms with Crippen molar-refractivity contribution in [1.29, 1.82) is 0 Å². The van der Waals surface area contributed by atoms with Crippen LogP contribution in [0.1, 0.15) is 48.2 Å². The molecule has 0 bridgehead atoms. The molecule has 1 spiro atoms. The lowest BCUT2D eigenvalue weighted by Crippen LogP contribution is -2.51. The van der Waals surface area contributed by atoms with Crippen molar-refractivity contribution in [3.8, 4) is 0 Å². The normalized spacial score (nSPS) is 27.1. The monoisotopic (exact) mass is 328 g/mol. The van der Waals surface area contributed by atoms with Crippen molar-refractivity contribution in [2.45, 2.75) is 39.0 Å². The van der Waals surface area contributed by atoms with Crippen molar-refractivity contribution >= 4 is 11.8 Å². The van der Waals surface area contributed by atoms with Crippen molar-refractivity contribution in [2.75, 3.05) is 26.2 Å². The molecule has 0 N–H and O–H groups in total. The minimum Gasteiger partial charge on any atom is -0.342 e. The molecule has 4 rings (SSSR count). The molecular formula is C18H24N4O2. The zero-order valence-corrected chi connectivity index (χ0v) is 14.2. The topological polar surface area (TPSA) is 66.4 Å². The number of rotatable bonds is 3. The number of aromatic nitrogens is 2. The van der Waals surface area contributed by atoms with Crippen LogP contribution in [0.15, 0.2) is 12.5 Å². The lowest BCUT2D eigenvalue weighted by atomic mass is 9.78. The first-order chi connectivity index (χ1) is 11.6. The van der Waals surface area contributed by atoms with Crippen LogP contribution in [0.3, 0.4) is 0 Å². The predicted molar refractivity (Wildman–Crippen MR) is 88.3 cm³/mol. The smallest absolute Gasteiger partial charge is 0.257 e. The molecule has 3 fully saturated rings. The van der Waals surface area contributed by atoms with E-state index in [0.717, 1.165) is 32.4 Å². The van der Waals surface area contributed by atoms with Gasteiger partial charge in [-0.3, -0.25) is 9.59 Å². The van der Waals surface area contributed by atoms with E-state index >= 15 is 0 Å². The lowest BCUT2D eigenvalue weighted by molar-refractivity contribution is -0.145. The van der Waals surface area contributed by atoms with Crippen LogP contribution in [0, 0.1) is 18.3 Å². The molecule has 6 nitrogen and oxygen atoms in total. The summed E-state index contributed by atoms with van der Waals surface area (Å²) < 4.78 is 0. The van der Waals surface area contributed by atoms with E-state index in [0.29, 0.717) is 30.3 Å². The van der Waals surface area contributed by atoms with E-state index in [-0.39, 0.29) is 17.2 Å². The largest absolute Gasteiger partial charge is 0.342 e. The van der Waals surface area contributed by atoms with Gasteiger partial charge in [-0.15, -0.1) is 0 Å². The molecule has 1 atom stereocenters. The molecule has 24 heavy (non-hydrogen) atoms. The van der Waals surface area contributed by atoms with E-state index in [9.17, 15) is 9.59 Å². The van der Waals surface area contributed by atoms with Crippen LogP contribution >= 0.6 is 0 Å². The highest BCUT2D eigenvalue weighted by molar-refractivity contribution is 5.96. The summed E-state index contributed by atoms with van der Waals surface area (Å²) in [5.74, 6) is 0.946. The Labute approximate surface area is 142 Å². The zero-order chi connectivity index (χ0) is 16.7. The SMILES string of the molecule is Cc1ncncc1C(=O)N1CC[C@]2(CCCN(CC3CC3)C2=O)C1. The average Bonchev–Trinajstić information content (AvgIpc) is 3.30. The molecule has 1 aromatic rings. The molecule has 3 heterocycles. The van der Waals surface area contributed by atoms with Gasteiger partial charge >= 0.3 is 0 Å². The van der Waals surface area contributed by atoms with Gasteiger partial charge in [-0.25, -0.2) is 9.97 Å².